The minimum absolute atomic E-state index is 0.107. The van der Waals surface area contributed by atoms with E-state index in [0.29, 0.717) is 37.4 Å². The van der Waals surface area contributed by atoms with Crippen molar-refractivity contribution in [1.29, 1.82) is 0 Å². The van der Waals surface area contributed by atoms with Crippen molar-refractivity contribution in [3.8, 4) is 0 Å². The summed E-state index contributed by atoms with van der Waals surface area (Å²) in [6.45, 7) is 0.820. The van der Waals surface area contributed by atoms with Gasteiger partial charge in [0.25, 0.3) is 5.91 Å². The van der Waals surface area contributed by atoms with Gasteiger partial charge in [0.15, 0.2) is 5.69 Å². The van der Waals surface area contributed by atoms with Crippen LogP contribution in [-0.4, -0.2) is 53.7 Å². The predicted molar refractivity (Wildman–Crippen MR) is 101 cm³/mol. The van der Waals surface area contributed by atoms with E-state index in [1.54, 1.807) is 25.4 Å². The molecule has 2 amide bonds. The number of sulfonamides is 1. The van der Waals surface area contributed by atoms with Gasteiger partial charge in [0.05, 0.1) is 24.8 Å². The Morgan fingerprint density at radius 1 is 1.32 bits per heavy atom. The molecule has 3 heterocycles. The van der Waals surface area contributed by atoms with Crippen LogP contribution >= 0.6 is 0 Å². The number of nitrogens with one attached hydrogen (secondary N) is 2. The standard InChI is InChI=1S/C17H23N5O5S/c1-21-11-14(15(20-21)17(24)18-10-13-4-3-9-27-13)19-16(23)12-5-7-22(8-6-12)28(2,25)26/h3-4,9,11-12H,5-8,10H2,1-2H3,(H,18,24)(H,19,23). The van der Waals surface area contributed by atoms with E-state index in [4.69, 9.17) is 4.42 Å². The van der Waals surface area contributed by atoms with E-state index in [9.17, 15) is 18.0 Å². The molecule has 0 radical (unpaired) electrons. The van der Waals surface area contributed by atoms with E-state index in [1.165, 1.54) is 15.3 Å². The molecule has 1 aliphatic heterocycles. The lowest BCUT2D eigenvalue weighted by molar-refractivity contribution is -0.120. The Morgan fingerprint density at radius 2 is 2.04 bits per heavy atom. The number of nitrogens with zero attached hydrogens (tertiary/aromatic N) is 3. The van der Waals surface area contributed by atoms with Gasteiger partial charge < -0.3 is 15.1 Å². The first kappa shape index (κ1) is 20.1. The molecule has 0 aromatic carbocycles. The van der Waals surface area contributed by atoms with Crippen LogP contribution in [0.25, 0.3) is 0 Å². The molecule has 11 heteroatoms. The summed E-state index contributed by atoms with van der Waals surface area (Å²) < 4.78 is 31.2. The van der Waals surface area contributed by atoms with Gasteiger partial charge >= 0.3 is 0 Å². The molecule has 1 aliphatic rings. The number of furan rings is 1. The molecule has 1 fully saturated rings. The van der Waals surface area contributed by atoms with E-state index < -0.39 is 15.9 Å². The van der Waals surface area contributed by atoms with Crippen LogP contribution in [0.15, 0.2) is 29.0 Å². The summed E-state index contributed by atoms with van der Waals surface area (Å²) >= 11 is 0. The molecule has 3 rings (SSSR count). The third-order valence-electron chi connectivity index (χ3n) is 4.60. The lowest BCUT2D eigenvalue weighted by atomic mass is 9.97. The van der Waals surface area contributed by atoms with Crippen LogP contribution in [0.5, 0.6) is 0 Å². The number of aryl methyl sites for hydroxylation is 1. The zero-order valence-electron chi connectivity index (χ0n) is 15.7. The van der Waals surface area contributed by atoms with Gasteiger partial charge in [0.2, 0.25) is 15.9 Å². The Morgan fingerprint density at radius 3 is 2.64 bits per heavy atom. The fourth-order valence-electron chi connectivity index (χ4n) is 3.10. The predicted octanol–water partition coefficient (Wildman–Crippen LogP) is 0.553. The minimum atomic E-state index is -3.25. The van der Waals surface area contributed by atoms with Crippen molar-refractivity contribution < 1.29 is 22.4 Å². The molecule has 2 aromatic rings. The highest BCUT2D eigenvalue weighted by Gasteiger charge is 2.30. The quantitative estimate of drug-likeness (QED) is 0.718. The van der Waals surface area contributed by atoms with Crippen molar-refractivity contribution in [1.82, 2.24) is 19.4 Å². The molecule has 2 aromatic heterocycles. The highest BCUT2D eigenvalue weighted by atomic mass is 32.2. The van der Waals surface area contributed by atoms with E-state index >= 15 is 0 Å². The molecule has 0 atom stereocenters. The van der Waals surface area contributed by atoms with Gasteiger partial charge in [-0.1, -0.05) is 0 Å². The van der Waals surface area contributed by atoms with Crippen LogP contribution in [0.1, 0.15) is 29.1 Å². The Bertz CT molecular complexity index is 943. The molecule has 0 bridgehead atoms. The summed E-state index contributed by atoms with van der Waals surface area (Å²) in [5, 5.41) is 9.58. The fraction of sp³-hybridized carbons (Fsp3) is 0.471. The molecule has 28 heavy (non-hydrogen) atoms. The largest absolute Gasteiger partial charge is 0.467 e. The Labute approximate surface area is 162 Å². The van der Waals surface area contributed by atoms with Gasteiger partial charge in [-0.05, 0) is 25.0 Å². The van der Waals surface area contributed by atoms with Crippen molar-refractivity contribution in [3.05, 3.63) is 36.0 Å². The topological polar surface area (TPSA) is 127 Å². The monoisotopic (exact) mass is 409 g/mol. The zero-order valence-corrected chi connectivity index (χ0v) is 16.5. The van der Waals surface area contributed by atoms with Gasteiger partial charge in [-0.2, -0.15) is 5.10 Å². The molecule has 0 unspecified atom stereocenters. The van der Waals surface area contributed by atoms with Crippen LogP contribution in [0.4, 0.5) is 5.69 Å². The average Bonchev–Trinajstić information content (AvgIpc) is 3.28. The Hall–Kier alpha value is -2.66. The van der Waals surface area contributed by atoms with Crippen LogP contribution in [0, 0.1) is 5.92 Å². The second-order valence-corrected chi connectivity index (χ2v) is 8.74. The summed E-state index contributed by atoms with van der Waals surface area (Å²) in [7, 11) is -1.59. The second-order valence-electron chi connectivity index (χ2n) is 6.75. The third kappa shape index (κ3) is 4.78. The number of hydrogen-bond donors (Lipinski definition) is 2. The maximum atomic E-state index is 12.6. The average molecular weight is 409 g/mol. The first-order chi connectivity index (χ1) is 13.2. The molecular formula is C17H23N5O5S. The van der Waals surface area contributed by atoms with Crippen molar-refractivity contribution in [2.24, 2.45) is 13.0 Å². The van der Waals surface area contributed by atoms with Gasteiger partial charge in [-0.25, -0.2) is 12.7 Å². The Balaban J connectivity index is 1.61. The molecule has 0 saturated carbocycles. The number of carbonyl (C=O) groups excluding carboxylic acids is 2. The maximum Gasteiger partial charge on any atom is 0.274 e. The minimum Gasteiger partial charge on any atom is -0.467 e. The van der Waals surface area contributed by atoms with Crippen LogP contribution < -0.4 is 10.6 Å². The van der Waals surface area contributed by atoms with Crippen molar-refractivity contribution in [2.45, 2.75) is 19.4 Å². The first-order valence-corrected chi connectivity index (χ1v) is 10.7. The lowest BCUT2D eigenvalue weighted by Crippen LogP contribution is -2.41. The summed E-state index contributed by atoms with van der Waals surface area (Å²) in [6, 6.07) is 3.47. The van der Waals surface area contributed by atoms with E-state index in [0.717, 1.165) is 6.26 Å². The maximum absolute atomic E-state index is 12.6. The SMILES string of the molecule is Cn1cc(NC(=O)C2CCN(S(C)(=O)=O)CC2)c(C(=O)NCc2ccco2)n1. The molecule has 2 N–H and O–H groups in total. The van der Waals surface area contributed by atoms with Crippen LogP contribution in [0.2, 0.25) is 0 Å². The molecule has 10 nitrogen and oxygen atoms in total. The van der Waals surface area contributed by atoms with E-state index in [1.807, 2.05) is 0 Å². The summed E-state index contributed by atoms with van der Waals surface area (Å²) in [6.07, 6.45) is 5.10. The lowest BCUT2D eigenvalue weighted by Gasteiger charge is -2.29. The smallest absolute Gasteiger partial charge is 0.274 e. The van der Waals surface area contributed by atoms with Crippen molar-refractivity contribution >= 4 is 27.5 Å². The van der Waals surface area contributed by atoms with Gasteiger partial charge in [0.1, 0.15) is 5.76 Å². The number of piperidine rings is 1. The van der Waals surface area contributed by atoms with Crippen molar-refractivity contribution in [2.75, 3.05) is 24.7 Å². The summed E-state index contributed by atoms with van der Waals surface area (Å²) in [5.74, 6) is -0.398. The number of rotatable bonds is 6. The number of anilines is 1. The van der Waals surface area contributed by atoms with Crippen LogP contribution in [-0.2, 0) is 28.4 Å². The van der Waals surface area contributed by atoms with Gasteiger partial charge in [0, 0.05) is 32.3 Å². The van der Waals surface area contributed by atoms with Gasteiger partial charge in [-0.15, -0.1) is 0 Å². The summed E-state index contributed by atoms with van der Waals surface area (Å²) in [5.41, 5.74) is 0.422. The van der Waals surface area contributed by atoms with Gasteiger partial charge in [-0.3, -0.25) is 14.3 Å². The van der Waals surface area contributed by atoms with E-state index in [2.05, 4.69) is 15.7 Å². The molecular weight excluding hydrogens is 386 g/mol. The number of carbonyl (C=O) groups is 2. The highest BCUT2D eigenvalue weighted by Crippen LogP contribution is 2.22. The highest BCUT2D eigenvalue weighted by molar-refractivity contribution is 7.88. The molecule has 1 saturated heterocycles. The third-order valence-corrected chi connectivity index (χ3v) is 5.90. The molecule has 0 spiro atoms. The first-order valence-electron chi connectivity index (χ1n) is 8.84. The number of hydrogen-bond acceptors (Lipinski definition) is 6. The Kier molecular flexibility index (Phi) is 5.84. The van der Waals surface area contributed by atoms with Crippen LogP contribution in [0.3, 0.4) is 0 Å². The zero-order chi connectivity index (χ0) is 20.3. The summed E-state index contributed by atoms with van der Waals surface area (Å²) in [4.78, 5) is 25.0. The number of aromatic nitrogens is 2. The fourth-order valence-corrected chi connectivity index (χ4v) is 3.97. The van der Waals surface area contributed by atoms with E-state index in [-0.39, 0.29) is 24.1 Å². The number of amides is 2. The second kappa shape index (κ2) is 8.15. The molecule has 0 aliphatic carbocycles. The normalized spacial score (nSPS) is 16.1. The molecule has 152 valence electrons. The van der Waals surface area contributed by atoms with Crippen molar-refractivity contribution in [3.63, 3.8) is 0 Å².